The number of carbonyl (C=O) groups is 1. The van der Waals surface area contributed by atoms with Gasteiger partial charge in [0.2, 0.25) is 5.91 Å². The maximum absolute atomic E-state index is 11.3. The summed E-state index contributed by atoms with van der Waals surface area (Å²) in [4.78, 5) is 13.0. The van der Waals surface area contributed by atoms with Gasteiger partial charge in [-0.1, -0.05) is 19.8 Å². The van der Waals surface area contributed by atoms with E-state index in [2.05, 4.69) is 6.92 Å². The number of rotatable bonds is 8. The van der Waals surface area contributed by atoms with Crippen LogP contribution in [0.1, 0.15) is 39.5 Å². The summed E-state index contributed by atoms with van der Waals surface area (Å²) in [5, 5.41) is 0. The van der Waals surface area contributed by atoms with Crippen molar-refractivity contribution in [3.8, 4) is 0 Å². The van der Waals surface area contributed by atoms with E-state index in [1.54, 1.807) is 4.90 Å². The molecule has 0 saturated heterocycles. The normalized spacial score (nSPS) is 10.2. The van der Waals surface area contributed by atoms with Crippen LogP contribution in [0.5, 0.6) is 0 Å². The summed E-state index contributed by atoms with van der Waals surface area (Å²) in [7, 11) is 1.82. The molecular weight excluding hydrogens is 178 g/mol. The third-order valence-electron chi connectivity index (χ3n) is 2.25. The van der Waals surface area contributed by atoms with Gasteiger partial charge in [0.1, 0.15) is 0 Å². The van der Waals surface area contributed by atoms with Crippen LogP contribution in [0.4, 0.5) is 0 Å². The predicted octanol–water partition coefficient (Wildman–Crippen LogP) is 2.06. The van der Waals surface area contributed by atoms with Gasteiger partial charge in [0, 0.05) is 20.2 Å². The molecule has 3 heteroatoms. The minimum atomic E-state index is 0.169. The van der Waals surface area contributed by atoms with E-state index in [1.807, 2.05) is 14.0 Å². The van der Waals surface area contributed by atoms with Crippen LogP contribution >= 0.6 is 0 Å². The smallest absolute Gasteiger partial charge is 0.224 e. The molecule has 0 aromatic carbocycles. The van der Waals surface area contributed by atoms with E-state index in [9.17, 15) is 4.79 Å². The molecule has 0 aromatic rings. The van der Waals surface area contributed by atoms with E-state index >= 15 is 0 Å². The SMILES string of the molecule is CCCCCOCCC(=O)N(C)CC. The van der Waals surface area contributed by atoms with Crippen LogP contribution in [0.3, 0.4) is 0 Å². The number of unbranched alkanes of at least 4 members (excludes halogenated alkanes) is 2. The lowest BCUT2D eigenvalue weighted by Gasteiger charge is -2.14. The summed E-state index contributed by atoms with van der Waals surface area (Å²) in [5.41, 5.74) is 0. The Morgan fingerprint density at radius 3 is 2.50 bits per heavy atom. The van der Waals surface area contributed by atoms with Gasteiger partial charge in [0.15, 0.2) is 0 Å². The molecule has 3 nitrogen and oxygen atoms in total. The van der Waals surface area contributed by atoms with Gasteiger partial charge in [-0.05, 0) is 13.3 Å². The Balaban J connectivity index is 3.23. The second-order valence-corrected chi connectivity index (χ2v) is 3.48. The van der Waals surface area contributed by atoms with Crippen molar-refractivity contribution < 1.29 is 9.53 Å². The number of hydrogen-bond acceptors (Lipinski definition) is 2. The predicted molar refractivity (Wildman–Crippen MR) is 58.3 cm³/mol. The molecule has 14 heavy (non-hydrogen) atoms. The van der Waals surface area contributed by atoms with E-state index in [0.29, 0.717) is 13.0 Å². The zero-order chi connectivity index (χ0) is 10.8. The quantitative estimate of drug-likeness (QED) is 0.563. The summed E-state index contributed by atoms with van der Waals surface area (Å²) >= 11 is 0. The minimum Gasteiger partial charge on any atom is -0.381 e. The van der Waals surface area contributed by atoms with Crippen LogP contribution in [0, 0.1) is 0 Å². The fourth-order valence-corrected chi connectivity index (χ4v) is 1.08. The molecular formula is C11H23NO2. The maximum Gasteiger partial charge on any atom is 0.224 e. The average Bonchev–Trinajstić information content (AvgIpc) is 2.21. The Kier molecular flexibility index (Phi) is 8.64. The Morgan fingerprint density at radius 1 is 1.21 bits per heavy atom. The Hall–Kier alpha value is -0.570. The molecule has 0 unspecified atom stereocenters. The van der Waals surface area contributed by atoms with Crippen molar-refractivity contribution in [2.45, 2.75) is 39.5 Å². The molecule has 1 amide bonds. The number of hydrogen-bond donors (Lipinski definition) is 0. The third-order valence-corrected chi connectivity index (χ3v) is 2.25. The Morgan fingerprint density at radius 2 is 1.93 bits per heavy atom. The molecule has 84 valence electrons. The molecule has 0 aliphatic rings. The molecule has 0 aliphatic carbocycles. The number of carbonyl (C=O) groups excluding carboxylic acids is 1. The first-order valence-corrected chi connectivity index (χ1v) is 5.54. The summed E-state index contributed by atoms with van der Waals surface area (Å²) < 4.78 is 5.35. The topological polar surface area (TPSA) is 29.5 Å². The highest BCUT2D eigenvalue weighted by Crippen LogP contribution is 1.96. The number of ether oxygens (including phenoxy) is 1. The maximum atomic E-state index is 11.3. The van der Waals surface area contributed by atoms with Gasteiger partial charge >= 0.3 is 0 Å². The van der Waals surface area contributed by atoms with Crippen LogP contribution < -0.4 is 0 Å². The number of nitrogens with zero attached hydrogens (tertiary/aromatic N) is 1. The minimum absolute atomic E-state index is 0.169. The molecule has 0 aromatic heterocycles. The van der Waals surface area contributed by atoms with E-state index in [0.717, 1.165) is 19.6 Å². The van der Waals surface area contributed by atoms with Gasteiger partial charge in [0.25, 0.3) is 0 Å². The van der Waals surface area contributed by atoms with E-state index in [1.165, 1.54) is 12.8 Å². The van der Waals surface area contributed by atoms with Crippen LogP contribution in [-0.4, -0.2) is 37.6 Å². The standard InChI is InChI=1S/C11H23NO2/c1-4-6-7-9-14-10-8-11(13)12(3)5-2/h4-10H2,1-3H3. The lowest BCUT2D eigenvalue weighted by Crippen LogP contribution is -2.27. The lowest BCUT2D eigenvalue weighted by atomic mass is 10.3. The highest BCUT2D eigenvalue weighted by Gasteiger charge is 2.05. The van der Waals surface area contributed by atoms with E-state index in [4.69, 9.17) is 4.74 Å². The Labute approximate surface area is 87.4 Å². The van der Waals surface area contributed by atoms with Crippen LogP contribution in [0.15, 0.2) is 0 Å². The van der Waals surface area contributed by atoms with Crippen LogP contribution in [-0.2, 0) is 9.53 Å². The molecule has 0 rings (SSSR count). The molecule has 0 aliphatic heterocycles. The Bertz CT molecular complexity index is 148. The highest BCUT2D eigenvalue weighted by atomic mass is 16.5. The first-order chi connectivity index (χ1) is 6.72. The fourth-order valence-electron chi connectivity index (χ4n) is 1.08. The average molecular weight is 201 g/mol. The molecule has 0 saturated carbocycles. The molecule has 0 bridgehead atoms. The lowest BCUT2D eigenvalue weighted by molar-refractivity contribution is -0.130. The zero-order valence-electron chi connectivity index (χ0n) is 9.71. The second kappa shape index (κ2) is 9.00. The van der Waals surface area contributed by atoms with E-state index in [-0.39, 0.29) is 5.91 Å². The second-order valence-electron chi connectivity index (χ2n) is 3.48. The fraction of sp³-hybridized carbons (Fsp3) is 0.909. The molecule has 0 atom stereocenters. The molecule has 0 fully saturated rings. The first-order valence-electron chi connectivity index (χ1n) is 5.54. The van der Waals surface area contributed by atoms with Crippen molar-refractivity contribution in [1.29, 1.82) is 0 Å². The van der Waals surface area contributed by atoms with Crippen molar-refractivity contribution in [2.75, 3.05) is 26.8 Å². The van der Waals surface area contributed by atoms with Crippen LogP contribution in [0.25, 0.3) is 0 Å². The molecule has 0 N–H and O–H groups in total. The molecule has 0 radical (unpaired) electrons. The molecule has 0 spiro atoms. The van der Waals surface area contributed by atoms with Gasteiger partial charge in [-0.2, -0.15) is 0 Å². The summed E-state index contributed by atoms with van der Waals surface area (Å²) in [5.74, 6) is 0.169. The van der Waals surface area contributed by atoms with Crippen molar-refractivity contribution in [2.24, 2.45) is 0 Å². The van der Waals surface area contributed by atoms with Gasteiger partial charge in [-0.25, -0.2) is 0 Å². The number of amides is 1. The van der Waals surface area contributed by atoms with Crippen molar-refractivity contribution in [3.63, 3.8) is 0 Å². The summed E-state index contributed by atoms with van der Waals surface area (Å²) in [6.07, 6.45) is 4.04. The largest absolute Gasteiger partial charge is 0.381 e. The van der Waals surface area contributed by atoms with Gasteiger partial charge in [-0.3, -0.25) is 4.79 Å². The highest BCUT2D eigenvalue weighted by molar-refractivity contribution is 5.75. The zero-order valence-corrected chi connectivity index (χ0v) is 9.71. The van der Waals surface area contributed by atoms with Gasteiger partial charge < -0.3 is 9.64 Å². The van der Waals surface area contributed by atoms with Crippen molar-refractivity contribution in [1.82, 2.24) is 4.90 Å². The van der Waals surface area contributed by atoms with Gasteiger partial charge in [-0.15, -0.1) is 0 Å². The summed E-state index contributed by atoms with van der Waals surface area (Å²) in [6, 6.07) is 0. The van der Waals surface area contributed by atoms with Crippen molar-refractivity contribution in [3.05, 3.63) is 0 Å². The van der Waals surface area contributed by atoms with Crippen LogP contribution in [0.2, 0.25) is 0 Å². The summed E-state index contributed by atoms with van der Waals surface area (Å²) in [6.45, 7) is 6.26. The van der Waals surface area contributed by atoms with Gasteiger partial charge in [0.05, 0.1) is 13.0 Å². The molecule has 0 heterocycles. The monoisotopic (exact) mass is 201 g/mol. The van der Waals surface area contributed by atoms with Crippen molar-refractivity contribution >= 4 is 5.91 Å². The third kappa shape index (κ3) is 6.89. The first kappa shape index (κ1) is 13.4. The van der Waals surface area contributed by atoms with E-state index < -0.39 is 0 Å².